The monoisotopic (exact) mass is 486 g/mol. The Morgan fingerprint density at radius 3 is 2.65 bits per heavy atom. The van der Waals surface area contributed by atoms with Crippen molar-refractivity contribution in [2.24, 2.45) is 0 Å². The van der Waals surface area contributed by atoms with Gasteiger partial charge in [0.2, 0.25) is 10.0 Å². The summed E-state index contributed by atoms with van der Waals surface area (Å²) in [7, 11) is 0.0629. The van der Waals surface area contributed by atoms with Gasteiger partial charge in [-0.2, -0.15) is 0 Å². The van der Waals surface area contributed by atoms with Crippen LogP contribution >= 0.6 is 0 Å². The van der Waals surface area contributed by atoms with Gasteiger partial charge in [0.15, 0.2) is 11.6 Å². The number of nitrogens with one attached hydrogen (secondary N) is 1. The minimum absolute atomic E-state index is 0.103. The number of anilines is 1. The molecule has 34 heavy (non-hydrogen) atoms. The van der Waals surface area contributed by atoms with Crippen LogP contribution < -0.4 is 9.64 Å². The zero-order valence-electron chi connectivity index (χ0n) is 20.4. The molecular weight excluding hydrogens is 452 g/mol. The van der Waals surface area contributed by atoms with Crippen LogP contribution in [0, 0.1) is 0 Å². The molecule has 0 saturated carbocycles. The number of piperazine rings is 1. The van der Waals surface area contributed by atoms with Gasteiger partial charge in [-0.1, -0.05) is 13.0 Å². The maximum absolute atomic E-state index is 12.2. The molecule has 1 unspecified atom stereocenters. The van der Waals surface area contributed by atoms with E-state index in [4.69, 9.17) is 4.74 Å². The van der Waals surface area contributed by atoms with Crippen molar-refractivity contribution in [3.05, 3.63) is 48.0 Å². The number of benzene rings is 1. The lowest BCUT2D eigenvalue weighted by atomic mass is 9.99. The number of rotatable bonds is 9. The number of sulfonamides is 1. The molecule has 9 nitrogen and oxygen atoms in total. The second-order valence-corrected chi connectivity index (χ2v) is 11.0. The molecule has 1 aliphatic heterocycles. The fraction of sp³-hybridized carbons (Fsp3) is 0.500. The highest BCUT2D eigenvalue weighted by molar-refractivity contribution is 7.89. The van der Waals surface area contributed by atoms with Gasteiger partial charge in [-0.15, -0.1) is 0 Å². The van der Waals surface area contributed by atoms with Crippen molar-refractivity contribution < 1.29 is 13.2 Å². The van der Waals surface area contributed by atoms with Crippen molar-refractivity contribution in [2.75, 3.05) is 51.0 Å². The highest BCUT2D eigenvalue weighted by Gasteiger charge is 2.27. The Bertz CT molecular complexity index is 1220. The second-order valence-electron chi connectivity index (χ2n) is 8.64. The lowest BCUT2D eigenvalue weighted by Gasteiger charge is -2.39. The second kappa shape index (κ2) is 10.3. The Kier molecular flexibility index (Phi) is 7.39. The van der Waals surface area contributed by atoms with E-state index in [9.17, 15) is 8.42 Å². The van der Waals surface area contributed by atoms with E-state index in [1.165, 1.54) is 9.87 Å². The Balaban J connectivity index is 1.52. The fourth-order valence-electron chi connectivity index (χ4n) is 4.75. The number of aromatic amines is 1. The Hall–Kier alpha value is -2.69. The molecule has 1 N–H and O–H groups in total. The quantitative estimate of drug-likeness (QED) is 0.497. The number of methoxy groups -OCH3 is 1. The van der Waals surface area contributed by atoms with E-state index in [1.54, 1.807) is 33.6 Å². The zero-order valence-corrected chi connectivity index (χ0v) is 21.2. The summed E-state index contributed by atoms with van der Waals surface area (Å²) in [6.45, 7) is 7.80. The van der Waals surface area contributed by atoms with Crippen molar-refractivity contribution in [1.29, 1.82) is 0 Å². The van der Waals surface area contributed by atoms with E-state index in [2.05, 4.69) is 43.9 Å². The molecule has 2 aromatic heterocycles. The number of hydrogen-bond acceptors (Lipinski definition) is 7. The van der Waals surface area contributed by atoms with Gasteiger partial charge in [0.1, 0.15) is 6.33 Å². The third-order valence-corrected chi connectivity index (χ3v) is 8.51. The Morgan fingerprint density at radius 2 is 1.97 bits per heavy atom. The van der Waals surface area contributed by atoms with Crippen LogP contribution in [0.3, 0.4) is 0 Å². The first-order valence-electron chi connectivity index (χ1n) is 11.7. The number of ether oxygens (including phenoxy) is 1. The maximum Gasteiger partial charge on any atom is 0.213 e. The summed E-state index contributed by atoms with van der Waals surface area (Å²) >= 11 is 0. The smallest absolute Gasteiger partial charge is 0.213 e. The molecule has 1 saturated heterocycles. The molecular formula is C24H34N6O3S. The van der Waals surface area contributed by atoms with Crippen LogP contribution in [0.1, 0.15) is 37.4 Å². The van der Waals surface area contributed by atoms with Gasteiger partial charge in [-0.3, -0.25) is 4.90 Å². The van der Waals surface area contributed by atoms with E-state index in [-0.39, 0.29) is 11.8 Å². The van der Waals surface area contributed by atoms with Gasteiger partial charge in [0.25, 0.3) is 0 Å². The molecule has 1 aromatic carbocycles. The van der Waals surface area contributed by atoms with Crippen LogP contribution in [0.15, 0.2) is 36.9 Å². The van der Waals surface area contributed by atoms with Crippen molar-refractivity contribution in [3.8, 4) is 5.75 Å². The largest absolute Gasteiger partial charge is 0.491 e. The van der Waals surface area contributed by atoms with Crippen LogP contribution in [-0.4, -0.2) is 78.7 Å². The molecule has 1 aliphatic rings. The molecule has 3 heterocycles. The summed E-state index contributed by atoms with van der Waals surface area (Å²) in [6, 6.07) is 6.45. The molecule has 0 aliphatic carbocycles. The third-order valence-electron chi connectivity index (χ3n) is 6.70. The molecule has 0 bridgehead atoms. The molecule has 4 rings (SSSR count). The summed E-state index contributed by atoms with van der Waals surface area (Å²) in [4.78, 5) is 16.7. The van der Waals surface area contributed by atoms with Crippen molar-refractivity contribution in [3.63, 3.8) is 0 Å². The topological polar surface area (TPSA) is 94.7 Å². The maximum atomic E-state index is 12.2. The first-order chi connectivity index (χ1) is 16.4. The van der Waals surface area contributed by atoms with Gasteiger partial charge in [-0.05, 0) is 36.6 Å². The number of aromatic nitrogens is 3. The van der Waals surface area contributed by atoms with Gasteiger partial charge < -0.3 is 14.6 Å². The molecule has 3 aromatic rings. The van der Waals surface area contributed by atoms with Gasteiger partial charge in [0, 0.05) is 62.9 Å². The van der Waals surface area contributed by atoms with Gasteiger partial charge in [0.05, 0.1) is 19.1 Å². The molecule has 184 valence electrons. The van der Waals surface area contributed by atoms with E-state index >= 15 is 0 Å². The molecule has 1 fully saturated rings. The lowest BCUT2D eigenvalue weighted by Crippen LogP contribution is -2.48. The van der Waals surface area contributed by atoms with Crippen LogP contribution in [0.4, 0.5) is 5.82 Å². The van der Waals surface area contributed by atoms with E-state index in [1.807, 2.05) is 12.1 Å². The first-order valence-corrected chi connectivity index (χ1v) is 13.4. The first kappa shape index (κ1) is 24.4. The Labute approximate surface area is 201 Å². The normalized spacial score (nSPS) is 16.3. The fourth-order valence-corrected chi connectivity index (χ4v) is 5.54. The van der Waals surface area contributed by atoms with Crippen LogP contribution in [0.5, 0.6) is 5.75 Å². The average Bonchev–Trinajstić information content (AvgIpc) is 3.28. The minimum Gasteiger partial charge on any atom is -0.491 e. The van der Waals surface area contributed by atoms with Crippen LogP contribution in [0.2, 0.25) is 0 Å². The third kappa shape index (κ3) is 4.89. The lowest BCUT2D eigenvalue weighted by molar-refractivity contribution is 0.181. The predicted molar refractivity (Wildman–Crippen MR) is 135 cm³/mol. The van der Waals surface area contributed by atoms with Crippen molar-refractivity contribution in [2.45, 2.75) is 32.9 Å². The highest BCUT2D eigenvalue weighted by Crippen LogP contribution is 2.33. The number of nitrogens with zero attached hydrogens (tertiary/aromatic N) is 5. The van der Waals surface area contributed by atoms with E-state index in [0.717, 1.165) is 54.9 Å². The summed E-state index contributed by atoms with van der Waals surface area (Å²) < 4.78 is 31.3. The number of fused-ring (bicyclic) bond motifs is 1. The van der Waals surface area contributed by atoms with Crippen molar-refractivity contribution >= 4 is 26.7 Å². The van der Waals surface area contributed by atoms with Crippen LogP contribution in [-0.2, 0) is 16.6 Å². The molecule has 0 radical (unpaired) electrons. The molecule has 1 atom stereocenters. The summed E-state index contributed by atoms with van der Waals surface area (Å²) in [5.41, 5.74) is 3.32. The van der Waals surface area contributed by atoms with E-state index in [0.29, 0.717) is 12.3 Å². The van der Waals surface area contributed by atoms with Crippen LogP contribution in [0.25, 0.3) is 10.9 Å². The highest BCUT2D eigenvalue weighted by atomic mass is 32.2. The van der Waals surface area contributed by atoms with E-state index < -0.39 is 10.0 Å². The zero-order chi connectivity index (χ0) is 24.3. The van der Waals surface area contributed by atoms with Gasteiger partial charge >= 0.3 is 0 Å². The summed E-state index contributed by atoms with van der Waals surface area (Å²) in [5, 5.41) is 1.16. The number of hydrogen-bond donors (Lipinski definition) is 1. The molecule has 10 heteroatoms. The molecule has 0 amide bonds. The standard InChI is InChI=1S/C24H34N6O3S/c1-5-22(29-9-11-30(12-10-29)24-23(33-4)15-25-17-27-24)20-14-26-21-8-7-18(13-19(20)21)16-28(3)34(31,32)6-2/h7-8,13-15,17,22,26H,5-6,9-12,16H2,1-4H3. The minimum atomic E-state index is -3.22. The summed E-state index contributed by atoms with van der Waals surface area (Å²) in [5.74, 6) is 1.64. The Morgan fingerprint density at radius 1 is 1.21 bits per heavy atom. The molecule has 0 spiro atoms. The predicted octanol–water partition coefficient (Wildman–Crippen LogP) is 3.02. The summed E-state index contributed by atoms with van der Waals surface area (Å²) in [6.07, 6.45) is 6.36. The van der Waals surface area contributed by atoms with Gasteiger partial charge in [-0.25, -0.2) is 22.7 Å². The average molecular weight is 487 g/mol. The number of H-pyrrole nitrogens is 1. The van der Waals surface area contributed by atoms with Crippen molar-refractivity contribution in [1.82, 2.24) is 24.2 Å². The SMILES string of the molecule is CCC(c1c[nH]c2ccc(CN(C)S(=O)(=O)CC)cc12)N1CCN(c2ncncc2OC)CC1.